The quantitative estimate of drug-likeness (QED) is 0.361. The number of furan rings is 1. The minimum atomic E-state index is -0.599. The molecule has 12 heteroatoms. The van der Waals surface area contributed by atoms with Crippen molar-refractivity contribution in [2.24, 2.45) is 0 Å². The van der Waals surface area contributed by atoms with Crippen molar-refractivity contribution in [2.75, 3.05) is 5.43 Å². The summed E-state index contributed by atoms with van der Waals surface area (Å²) in [6.45, 7) is 1.78. The summed E-state index contributed by atoms with van der Waals surface area (Å²) in [5.41, 5.74) is 3.20. The van der Waals surface area contributed by atoms with E-state index in [1.165, 1.54) is 21.8 Å². The number of carbonyl (C=O) groups excluding carboxylic acids is 1. The van der Waals surface area contributed by atoms with E-state index < -0.39 is 10.8 Å². The number of carbonyl (C=O) groups is 1. The van der Waals surface area contributed by atoms with Gasteiger partial charge in [-0.25, -0.2) is 9.66 Å². The largest absolute Gasteiger partial charge is 0.454 e. The summed E-state index contributed by atoms with van der Waals surface area (Å²) in [5.74, 6) is 0.168. The van der Waals surface area contributed by atoms with Crippen LogP contribution in [-0.2, 0) is 19.4 Å². The number of nitrogens with zero attached hydrogens (tertiary/aromatic N) is 5. The first kappa shape index (κ1) is 20.1. The number of amides is 1. The lowest BCUT2D eigenvalue weighted by molar-refractivity contribution is -0.385. The molecule has 5 rings (SSSR count). The number of hydrogen-bond acceptors (Lipinski definition) is 8. The molecule has 1 N–H and O–H groups in total. The third kappa shape index (κ3) is 3.47. The van der Waals surface area contributed by atoms with Gasteiger partial charge in [0.25, 0.3) is 5.56 Å². The van der Waals surface area contributed by atoms with Gasteiger partial charge in [0.2, 0.25) is 0 Å². The second-order valence-electron chi connectivity index (χ2n) is 7.55. The Hall–Kier alpha value is -3.80. The van der Waals surface area contributed by atoms with Gasteiger partial charge in [-0.3, -0.25) is 29.8 Å². The Labute approximate surface area is 184 Å². The summed E-state index contributed by atoms with van der Waals surface area (Å²) in [7, 11) is 0. The number of fused-ring (bicyclic) bond motifs is 3. The Bertz CT molecular complexity index is 1430. The Morgan fingerprint density at radius 2 is 2.16 bits per heavy atom. The molecule has 0 aromatic carbocycles. The average molecular weight is 454 g/mol. The van der Waals surface area contributed by atoms with E-state index in [2.05, 4.69) is 15.5 Å². The van der Waals surface area contributed by atoms with Crippen LogP contribution in [0.2, 0.25) is 0 Å². The molecule has 1 aliphatic rings. The van der Waals surface area contributed by atoms with Crippen LogP contribution >= 0.6 is 11.3 Å². The standard InChI is InChI=1S/C20H18N6O5S/c1-11-22-19-17(14-4-2-3-5-16(14)32-19)20(28)25(11)23-18(27)15-7-6-13(31-15)10-24-9-12(8-21-24)26(29)30/h6-9H,2-5,10H2,1H3,(H,23,27). The van der Waals surface area contributed by atoms with Crippen LogP contribution < -0.4 is 11.0 Å². The maximum atomic E-state index is 13.2. The minimum Gasteiger partial charge on any atom is -0.454 e. The Morgan fingerprint density at radius 3 is 2.94 bits per heavy atom. The maximum Gasteiger partial charge on any atom is 0.307 e. The van der Waals surface area contributed by atoms with Crippen molar-refractivity contribution >= 4 is 33.1 Å². The monoisotopic (exact) mass is 454 g/mol. The molecule has 0 fully saturated rings. The first-order chi connectivity index (χ1) is 15.4. The summed E-state index contributed by atoms with van der Waals surface area (Å²) in [6.07, 6.45) is 6.35. The van der Waals surface area contributed by atoms with Gasteiger partial charge in [0, 0.05) is 4.88 Å². The zero-order valence-electron chi connectivity index (χ0n) is 17.0. The van der Waals surface area contributed by atoms with Crippen molar-refractivity contribution < 1.29 is 14.1 Å². The summed E-state index contributed by atoms with van der Waals surface area (Å²) < 4.78 is 8.05. The van der Waals surface area contributed by atoms with Gasteiger partial charge in [-0.05, 0) is 50.3 Å². The number of nitro groups is 1. The molecule has 4 heterocycles. The van der Waals surface area contributed by atoms with E-state index in [0.717, 1.165) is 42.1 Å². The second-order valence-corrected chi connectivity index (χ2v) is 8.63. The average Bonchev–Trinajstić information content (AvgIpc) is 3.49. The third-order valence-corrected chi connectivity index (χ3v) is 6.59. The van der Waals surface area contributed by atoms with E-state index in [1.54, 1.807) is 24.3 Å². The molecule has 1 aliphatic carbocycles. The first-order valence-corrected chi connectivity index (χ1v) is 10.8. The van der Waals surface area contributed by atoms with Gasteiger partial charge >= 0.3 is 11.6 Å². The number of nitrogens with one attached hydrogen (secondary N) is 1. The highest BCUT2D eigenvalue weighted by Gasteiger charge is 2.22. The van der Waals surface area contributed by atoms with Crippen LogP contribution in [-0.4, -0.2) is 30.3 Å². The first-order valence-electron chi connectivity index (χ1n) is 10.0. The van der Waals surface area contributed by atoms with E-state index >= 15 is 0 Å². The predicted octanol–water partition coefficient (Wildman–Crippen LogP) is 2.78. The molecule has 0 unspecified atom stereocenters. The van der Waals surface area contributed by atoms with Gasteiger partial charge in [0.05, 0.1) is 16.9 Å². The topological polar surface area (TPSA) is 138 Å². The molecule has 0 bridgehead atoms. The summed E-state index contributed by atoms with van der Waals surface area (Å²) in [6, 6.07) is 3.05. The lowest BCUT2D eigenvalue weighted by atomic mass is 9.97. The number of aromatic nitrogens is 4. The summed E-state index contributed by atoms with van der Waals surface area (Å²) in [4.78, 5) is 42.6. The van der Waals surface area contributed by atoms with E-state index in [9.17, 15) is 19.7 Å². The molecule has 0 saturated heterocycles. The Balaban J connectivity index is 1.39. The van der Waals surface area contributed by atoms with Crippen LogP contribution in [0.5, 0.6) is 0 Å². The van der Waals surface area contributed by atoms with Gasteiger partial charge in [0.1, 0.15) is 28.8 Å². The maximum absolute atomic E-state index is 13.2. The zero-order valence-corrected chi connectivity index (χ0v) is 17.8. The van der Waals surface area contributed by atoms with Crippen LogP contribution in [0, 0.1) is 17.0 Å². The second kappa shape index (κ2) is 7.71. The normalized spacial score (nSPS) is 13.3. The smallest absolute Gasteiger partial charge is 0.307 e. The molecule has 164 valence electrons. The number of aryl methyl sites for hydroxylation is 3. The molecule has 0 saturated carbocycles. The molecule has 0 aliphatic heterocycles. The Morgan fingerprint density at radius 1 is 1.34 bits per heavy atom. The Kier molecular flexibility index (Phi) is 4.85. The van der Waals surface area contributed by atoms with Crippen molar-refractivity contribution in [1.82, 2.24) is 19.4 Å². The fraction of sp³-hybridized carbons (Fsp3) is 0.300. The number of hydrogen-bond donors (Lipinski definition) is 1. The predicted molar refractivity (Wildman–Crippen MR) is 116 cm³/mol. The van der Waals surface area contributed by atoms with Crippen molar-refractivity contribution in [3.63, 3.8) is 0 Å². The highest BCUT2D eigenvalue weighted by Crippen LogP contribution is 2.33. The molecule has 1 amide bonds. The van der Waals surface area contributed by atoms with E-state index in [0.29, 0.717) is 21.8 Å². The van der Waals surface area contributed by atoms with Gasteiger partial charge in [-0.2, -0.15) is 5.10 Å². The molecule has 0 radical (unpaired) electrons. The summed E-state index contributed by atoms with van der Waals surface area (Å²) in [5, 5.41) is 15.3. The number of thiophene rings is 1. The molecule has 0 spiro atoms. The molecule has 4 aromatic heterocycles. The lowest BCUT2D eigenvalue weighted by Gasteiger charge is -2.12. The van der Waals surface area contributed by atoms with Crippen LogP contribution in [0.4, 0.5) is 5.69 Å². The van der Waals surface area contributed by atoms with Gasteiger partial charge in [0.15, 0.2) is 5.76 Å². The SMILES string of the molecule is Cc1nc2sc3c(c2c(=O)n1NC(=O)c1ccc(Cn2cc([N+](=O)[O-])cn2)o1)CCCC3. The fourth-order valence-corrected chi connectivity index (χ4v) is 5.17. The van der Waals surface area contributed by atoms with E-state index in [4.69, 9.17) is 4.42 Å². The van der Waals surface area contributed by atoms with Crippen LogP contribution in [0.15, 0.2) is 33.7 Å². The molecule has 0 atom stereocenters. The zero-order chi connectivity index (χ0) is 22.4. The molecular weight excluding hydrogens is 436 g/mol. The summed E-state index contributed by atoms with van der Waals surface area (Å²) >= 11 is 1.55. The van der Waals surface area contributed by atoms with Crippen molar-refractivity contribution in [2.45, 2.75) is 39.2 Å². The van der Waals surface area contributed by atoms with Gasteiger partial charge in [-0.15, -0.1) is 11.3 Å². The van der Waals surface area contributed by atoms with Gasteiger partial charge < -0.3 is 4.42 Å². The minimum absolute atomic E-state index is 0.000371. The van der Waals surface area contributed by atoms with Crippen LogP contribution in [0.25, 0.3) is 10.2 Å². The van der Waals surface area contributed by atoms with E-state index in [1.807, 2.05) is 0 Å². The highest BCUT2D eigenvalue weighted by atomic mass is 32.1. The van der Waals surface area contributed by atoms with Crippen LogP contribution in [0.1, 0.15) is 45.4 Å². The molecular formula is C20H18N6O5S. The fourth-order valence-electron chi connectivity index (χ4n) is 3.87. The lowest BCUT2D eigenvalue weighted by Crippen LogP contribution is -2.35. The van der Waals surface area contributed by atoms with E-state index in [-0.39, 0.29) is 23.6 Å². The van der Waals surface area contributed by atoms with Crippen LogP contribution in [0.3, 0.4) is 0 Å². The molecule has 32 heavy (non-hydrogen) atoms. The third-order valence-electron chi connectivity index (χ3n) is 5.40. The highest BCUT2D eigenvalue weighted by molar-refractivity contribution is 7.18. The molecule has 11 nitrogen and oxygen atoms in total. The molecule has 4 aromatic rings. The van der Waals surface area contributed by atoms with Crippen molar-refractivity contribution in [1.29, 1.82) is 0 Å². The van der Waals surface area contributed by atoms with Crippen molar-refractivity contribution in [3.05, 3.63) is 72.8 Å². The van der Waals surface area contributed by atoms with Crippen molar-refractivity contribution in [3.8, 4) is 0 Å². The number of rotatable bonds is 5. The van der Waals surface area contributed by atoms with Gasteiger partial charge in [-0.1, -0.05) is 0 Å².